The summed E-state index contributed by atoms with van der Waals surface area (Å²) in [5.41, 5.74) is 2.60. The quantitative estimate of drug-likeness (QED) is 0.860. The number of rotatable bonds is 6. The summed E-state index contributed by atoms with van der Waals surface area (Å²) in [7, 11) is 0. The standard InChI is InChI=1S/C18H26N4O/c1-14-2-4-15(5-3-14)18(10-11-22-13-19-12-20-22)21-16-6-8-17(23)9-7-16/h2-5,12-13,16-18,21,23H,6-11H2,1H3/t16?,17?,18-/m0/s1. The van der Waals surface area contributed by atoms with E-state index in [2.05, 4.69) is 46.6 Å². The zero-order chi connectivity index (χ0) is 16.1. The number of aryl methyl sites for hydroxylation is 2. The highest BCUT2D eigenvalue weighted by Gasteiger charge is 2.22. The van der Waals surface area contributed by atoms with E-state index in [0.29, 0.717) is 12.1 Å². The van der Waals surface area contributed by atoms with Gasteiger partial charge in [-0.25, -0.2) is 4.98 Å². The molecule has 0 spiro atoms. The molecule has 1 fully saturated rings. The lowest BCUT2D eigenvalue weighted by molar-refractivity contribution is 0.113. The average molecular weight is 314 g/mol. The van der Waals surface area contributed by atoms with Crippen LogP contribution in [-0.4, -0.2) is 32.0 Å². The molecule has 1 aromatic heterocycles. The van der Waals surface area contributed by atoms with Crippen LogP contribution in [-0.2, 0) is 6.54 Å². The lowest BCUT2D eigenvalue weighted by atomic mass is 9.91. The van der Waals surface area contributed by atoms with Crippen LogP contribution in [0, 0.1) is 6.92 Å². The Morgan fingerprint density at radius 1 is 1.22 bits per heavy atom. The third kappa shape index (κ3) is 4.62. The molecule has 1 saturated carbocycles. The Bertz CT molecular complexity index is 574. The summed E-state index contributed by atoms with van der Waals surface area (Å²) in [4.78, 5) is 4.01. The SMILES string of the molecule is Cc1ccc([C@H](CCn2cncn2)NC2CCC(O)CC2)cc1. The van der Waals surface area contributed by atoms with E-state index in [9.17, 15) is 5.11 Å². The summed E-state index contributed by atoms with van der Waals surface area (Å²) in [6.07, 6.45) is 8.12. The van der Waals surface area contributed by atoms with Crippen molar-refractivity contribution in [2.24, 2.45) is 0 Å². The van der Waals surface area contributed by atoms with Crippen LogP contribution in [0.3, 0.4) is 0 Å². The summed E-state index contributed by atoms with van der Waals surface area (Å²) in [5.74, 6) is 0. The minimum atomic E-state index is -0.110. The molecule has 2 aromatic rings. The first kappa shape index (κ1) is 16.1. The van der Waals surface area contributed by atoms with Gasteiger partial charge in [0.1, 0.15) is 12.7 Å². The van der Waals surface area contributed by atoms with Crippen molar-refractivity contribution in [2.75, 3.05) is 0 Å². The van der Waals surface area contributed by atoms with Gasteiger partial charge in [0.2, 0.25) is 0 Å². The monoisotopic (exact) mass is 314 g/mol. The van der Waals surface area contributed by atoms with E-state index in [4.69, 9.17) is 0 Å². The van der Waals surface area contributed by atoms with Crippen LogP contribution < -0.4 is 5.32 Å². The van der Waals surface area contributed by atoms with Crippen molar-refractivity contribution in [3.63, 3.8) is 0 Å². The third-order valence-corrected chi connectivity index (χ3v) is 4.73. The second-order valence-corrected chi connectivity index (χ2v) is 6.58. The van der Waals surface area contributed by atoms with Crippen molar-refractivity contribution < 1.29 is 5.11 Å². The predicted octanol–water partition coefficient (Wildman–Crippen LogP) is 2.61. The van der Waals surface area contributed by atoms with Crippen molar-refractivity contribution in [1.82, 2.24) is 20.1 Å². The third-order valence-electron chi connectivity index (χ3n) is 4.73. The molecular weight excluding hydrogens is 288 g/mol. The van der Waals surface area contributed by atoms with Crippen LogP contribution in [0.5, 0.6) is 0 Å². The Labute approximate surface area is 137 Å². The highest BCUT2D eigenvalue weighted by Crippen LogP contribution is 2.24. The number of hydrogen-bond donors (Lipinski definition) is 2. The summed E-state index contributed by atoms with van der Waals surface area (Å²) >= 11 is 0. The normalized spacial score (nSPS) is 22.9. The molecule has 2 N–H and O–H groups in total. The summed E-state index contributed by atoms with van der Waals surface area (Å²) in [6, 6.07) is 9.56. The van der Waals surface area contributed by atoms with Crippen molar-refractivity contribution in [1.29, 1.82) is 0 Å². The molecule has 0 amide bonds. The smallest absolute Gasteiger partial charge is 0.137 e. The largest absolute Gasteiger partial charge is 0.393 e. The number of aliphatic hydroxyl groups is 1. The Morgan fingerprint density at radius 2 is 1.96 bits per heavy atom. The topological polar surface area (TPSA) is 63.0 Å². The lowest BCUT2D eigenvalue weighted by Gasteiger charge is -2.31. The molecule has 0 bridgehead atoms. The minimum absolute atomic E-state index is 0.110. The van der Waals surface area contributed by atoms with Gasteiger partial charge in [-0.15, -0.1) is 0 Å². The van der Waals surface area contributed by atoms with Gasteiger partial charge in [0.25, 0.3) is 0 Å². The molecule has 23 heavy (non-hydrogen) atoms. The molecule has 1 aliphatic rings. The zero-order valence-corrected chi connectivity index (χ0v) is 13.7. The van der Waals surface area contributed by atoms with Gasteiger partial charge in [0.15, 0.2) is 0 Å². The molecule has 1 heterocycles. The van der Waals surface area contributed by atoms with Gasteiger partial charge >= 0.3 is 0 Å². The fourth-order valence-electron chi connectivity index (χ4n) is 3.28. The average Bonchev–Trinajstić information content (AvgIpc) is 3.08. The summed E-state index contributed by atoms with van der Waals surface area (Å²) in [5, 5.41) is 17.7. The molecule has 124 valence electrons. The van der Waals surface area contributed by atoms with Crippen LogP contribution in [0.2, 0.25) is 0 Å². The molecule has 1 aliphatic carbocycles. The fraction of sp³-hybridized carbons (Fsp3) is 0.556. The number of nitrogens with one attached hydrogen (secondary N) is 1. The van der Waals surface area contributed by atoms with E-state index in [1.807, 2.05) is 4.68 Å². The van der Waals surface area contributed by atoms with Crippen LogP contribution >= 0.6 is 0 Å². The van der Waals surface area contributed by atoms with Crippen molar-refractivity contribution in [3.8, 4) is 0 Å². The van der Waals surface area contributed by atoms with Gasteiger partial charge in [-0.05, 0) is 44.6 Å². The van der Waals surface area contributed by atoms with Crippen LogP contribution in [0.1, 0.15) is 49.3 Å². The van der Waals surface area contributed by atoms with Crippen LogP contribution in [0.4, 0.5) is 0 Å². The van der Waals surface area contributed by atoms with E-state index in [1.54, 1.807) is 12.7 Å². The number of benzene rings is 1. The fourth-order valence-corrected chi connectivity index (χ4v) is 3.28. The van der Waals surface area contributed by atoms with E-state index in [-0.39, 0.29) is 6.10 Å². The minimum Gasteiger partial charge on any atom is -0.393 e. The Kier molecular flexibility index (Phi) is 5.41. The first-order valence-electron chi connectivity index (χ1n) is 8.54. The molecule has 0 aliphatic heterocycles. The zero-order valence-electron chi connectivity index (χ0n) is 13.7. The van der Waals surface area contributed by atoms with Crippen LogP contribution in [0.15, 0.2) is 36.9 Å². The van der Waals surface area contributed by atoms with Gasteiger partial charge in [0, 0.05) is 18.6 Å². The molecule has 5 nitrogen and oxygen atoms in total. The van der Waals surface area contributed by atoms with E-state index < -0.39 is 0 Å². The highest BCUT2D eigenvalue weighted by atomic mass is 16.3. The molecule has 0 saturated heterocycles. The van der Waals surface area contributed by atoms with E-state index in [0.717, 1.165) is 38.6 Å². The molecule has 3 rings (SSSR count). The number of hydrogen-bond acceptors (Lipinski definition) is 4. The first-order chi connectivity index (χ1) is 11.2. The van der Waals surface area contributed by atoms with E-state index in [1.165, 1.54) is 11.1 Å². The van der Waals surface area contributed by atoms with Crippen LogP contribution in [0.25, 0.3) is 0 Å². The van der Waals surface area contributed by atoms with Gasteiger partial charge in [-0.1, -0.05) is 29.8 Å². The van der Waals surface area contributed by atoms with Gasteiger partial charge < -0.3 is 10.4 Å². The molecule has 5 heteroatoms. The van der Waals surface area contributed by atoms with Crippen molar-refractivity contribution >= 4 is 0 Å². The van der Waals surface area contributed by atoms with Crippen molar-refractivity contribution in [3.05, 3.63) is 48.0 Å². The maximum Gasteiger partial charge on any atom is 0.137 e. The Hall–Kier alpha value is -1.72. The van der Waals surface area contributed by atoms with Gasteiger partial charge in [0.05, 0.1) is 6.10 Å². The highest BCUT2D eigenvalue weighted by molar-refractivity contribution is 5.24. The first-order valence-corrected chi connectivity index (χ1v) is 8.54. The summed E-state index contributed by atoms with van der Waals surface area (Å²) < 4.78 is 1.88. The lowest BCUT2D eigenvalue weighted by Crippen LogP contribution is -2.37. The Balaban J connectivity index is 1.66. The Morgan fingerprint density at radius 3 is 2.61 bits per heavy atom. The predicted molar refractivity (Wildman–Crippen MR) is 90.0 cm³/mol. The van der Waals surface area contributed by atoms with Gasteiger partial charge in [-0.2, -0.15) is 5.10 Å². The maximum atomic E-state index is 9.69. The molecule has 1 aromatic carbocycles. The molecule has 0 unspecified atom stereocenters. The number of nitrogens with zero attached hydrogens (tertiary/aromatic N) is 3. The van der Waals surface area contributed by atoms with E-state index >= 15 is 0 Å². The van der Waals surface area contributed by atoms with Crippen molar-refractivity contribution in [2.45, 2.75) is 63.8 Å². The van der Waals surface area contributed by atoms with Gasteiger partial charge in [-0.3, -0.25) is 4.68 Å². The number of aliphatic hydroxyl groups excluding tert-OH is 1. The molecule has 1 atom stereocenters. The second-order valence-electron chi connectivity index (χ2n) is 6.58. The molecule has 0 radical (unpaired) electrons. The second kappa shape index (κ2) is 7.70. The maximum absolute atomic E-state index is 9.69. The molecular formula is C18H26N4O. The number of aromatic nitrogens is 3. The summed E-state index contributed by atoms with van der Waals surface area (Å²) in [6.45, 7) is 2.96.